The molecule has 0 radical (unpaired) electrons. The molecule has 0 aromatic rings. The van der Waals surface area contributed by atoms with Gasteiger partial charge in [-0.05, 0) is 33.0 Å². The van der Waals surface area contributed by atoms with E-state index in [0.717, 1.165) is 6.04 Å². The van der Waals surface area contributed by atoms with Crippen LogP contribution < -0.4 is 0 Å². The molecule has 0 spiro atoms. The van der Waals surface area contributed by atoms with E-state index in [4.69, 9.17) is 9.16 Å². The highest BCUT2D eigenvalue weighted by Crippen LogP contribution is 2.09. The molecule has 0 saturated heterocycles. The first kappa shape index (κ1) is 11.6. The number of hydrogen-bond acceptors (Lipinski definition) is 2. The van der Waals surface area contributed by atoms with Crippen molar-refractivity contribution in [2.24, 2.45) is 0 Å². The van der Waals surface area contributed by atoms with Crippen LogP contribution in [-0.2, 0) is 9.16 Å². The third-order valence-electron chi connectivity index (χ3n) is 1.64. The minimum atomic E-state index is -1.42. The van der Waals surface area contributed by atoms with E-state index in [1.165, 1.54) is 0 Å². The molecule has 2 nitrogen and oxygen atoms in total. The topological polar surface area (TPSA) is 18.5 Å². The van der Waals surface area contributed by atoms with Crippen molar-refractivity contribution in [3.8, 4) is 0 Å². The van der Waals surface area contributed by atoms with E-state index in [-0.39, 0.29) is 6.10 Å². The summed E-state index contributed by atoms with van der Waals surface area (Å²) in [6.45, 7) is 10.5. The Kier molecular flexibility index (Phi) is 5.05. The average molecular weight is 188 g/mol. The number of rotatable bonds is 5. The smallest absolute Gasteiger partial charge is 0.244 e. The van der Waals surface area contributed by atoms with Gasteiger partial charge >= 0.3 is 0 Å². The third kappa shape index (κ3) is 6.28. The Morgan fingerprint density at radius 3 is 2.25 bits per heavy atom. The molecule has 0 atom stereocenters. The summed E-state index contributed by atoms with van der Waals surface area (Å²) in [5, 5.41) is 0. The SMILES string of the molecule is CC[Si](C)(C)O/C=C/OC(C)C. The summed E-state index contributed by atoms with van der Waals surface area (Å²) in [5.74, 6) is 0. The molecule has 72 valence electrons. The van der Waals surface area contributed by atoms with E-state index in [9.17, 15) is 0 Å². The Morgan fingerprint density at radius 2 is 1.83 bits per heavy atom. The van der Waals surface area contributed by atoms with Crippen molar-refractivity contribution in [1.29, 1.82) is 0 Å². The van der Waals surface area contributed by atoms with E-state index < -0.39 is 8.32 Å². The molecule has 0 fully saturated rings. The lowest BCUT2D eigenvalue weighted by Gasteiger charge is -2.18. The Labute approximate surface area is 76.7 Å². The van der Waals surface area contributed by atoms with Crippen molar-refractivity contribution in [3.63, 3.8) is 0 Å². The normalized spacial score (nSPS) is 12.5. The fourth-order valence-electron chi connectivity index (χ4n) is 0.485. The van der Waals surface area contributed by atoms with Crippen molar-refractivity contribution in [3.05, 3.63) is 12.5 Å². The highest BCUT2D eigenvalue weighted by atomic mass is 28.4. The zero-order valence-electron chi connectivity index (χ0n) is 8.76. The van der Waals surface area contributed by atoms with Gasteiger partial charge in [-0.3, -0.25) is 0 Å². The molecule has 0 heterocycles. The molecule has 0 aliphatic carbocycles. The summed E-state index contributed by atoms with van der Waals surface area (Å²) in [6.07, 6.45) is 3.54. The fourth-order valence-corrected chi connectivity index (χ4v) is 1.08. The van der Waals surface area contributed by atoms with Gasteiger partial charge in [0.2, 0.25) is 8.32 Å². The predicted octanol–water partition coefficient (Wildman–Crippen LogP) is 3.12. The first-order valence-electron chi connectivity index (χ1n) is 4.46. The molecule has 0 unspecified atom stereocenters. The molecule has 3 heteroatoms. The lowest BCUT2D eigenvalue weighted by atomic mass is 10.5. The van der Waals surface area contributed by atoms with Crippen LogP contribution in [0.25, 0.3) is 0 Å². The summed E-state index contributed by atoms with van der Waals surface area (Å²) in [7, 11) is -1.42. The van der Waals surface area contributed by atoms with E-state index in [1.54, 1.807) is 12.5 Å². The first-order chi connectivity index (χ1) is 5.48. The van der Waals surface area contributed by atoms with Crippen LogP contribution in [0.2, 0.25) is 19.1 Å². The van der Waals surface area contributed by atoms with Gasteiger partial charge in [0.05, 0.1) is 6.10 Å². The summed E-state index contributed by atoms with van der Waals surface area (Å²) < 4.78 is 10.8. The minimum Gasteiger partial charge on any atom is -0.547 e. The van der Waals surface area contributed by atoms with Crippen molar-refractivity contribution < 1.29 is 9.16 Å². The minimum absolute atomic E-state index is 0.233. The molecule has 0 amide bonds. The first-order valence-corrected chi connectivity index (χ1v) is 7.58. The zero-order chi connectivity index (χ0) is 9.61. The largest absolute Gasteiger partial charge is 0.547 e. The molecule has 0 aliphatic rings. The Morgan fingerprint density at radius 1 is 1.25 bits per heavy atom. The maximum Gasteiger partial charge on any atom is 0.244 e. The number of ether oxygens (including phenoxy) is 1. The van der Waals surface area contributed by atoms with Crippen LogP contribution in [0.3, 0.4) is 0 Å². The van der Waals surface area contributed by atoms with Crippen molar-refractivity contribution in [2.45, 2.75) is 46.0 Å². The van der Waals surface area contributed by atoms with Gasteiger partial charge in [0.15, 0.2) is 0 Å². The molecule has 0 saturated carbocycles. The summed E-state index contributed by atoms with van der Waals surface area (Å²) in [5.41, 5.74) is 0. The van der Waals surface area contributed by atoms with Gasteiger partial charge in [-0.25, -0.2) is 0 Å². The van der Waals surface area contributed by atoms with E-state index in [0.29, 0.717) is 0 Å². The predicted molar refractivity (Wildman–Crippen MR) is 54.4 cm³/mol. The average Bonchev–Trinajstić information content (AvgIpc) is 1.98. The van der Waals surface area contributed by atoms with Crippen LogP contribution in [0.1, 0.15) is 20.8 Å². The Bertz CT molecular complexity index is 141. The van der Waals surface area contributed by atoms with Crippen molar-refractivity contribution >= 4 is 8.32 Å². The van der Waals surface area contributed by atoms with Gasteiger partial charge in [-0.1, -0.05) is 6.92 Å². The highest BCUT2D eigenvalue weighted by molar-refractivity contribution is 6.71. The van der Waals surface area contributed by atoms with Crippen LogP contribution in [0.5, 0.6) is 0 Å². The van der Waals surface area contributed by atoms with Crippen LogP contribution in [0.15, 0.2) is 12.5 Å². The molecule has 0 bridgehead atoms. The van der Waals surface area contributed by atoms with Crippen LogP contribution in [0.4, 0.5) is 0 Å². The van der Waals surface area contributed by atoms with Gasteiger partial charge in [0, 0.05) is 0 Å². The van der Waals surface area contributed by atoms with Crippen LogP contribution in [0, 0.1) is 0 Å². The quantitative estimate of drug-likeness (QED) is 0.487. The Balaban J connectivity index is 3.60. The van der Waals surface area contributed by atoms with Crippen molar-refractivity contribution in [2.75, 3.05) is 0 Å². The second-order valence-corrected chi connectivity index (χ2v) is 8.15. The molecule has 0 aromatic heterocycles. The monoisotopic (exact) mass is 188 g/mol. The zero-order valence-corrected chi connectivity index (χ0v) is 9.76. The molecule has 0 N–H and O–H groups in total. The molecule has 0 rings (SSSR count). The van der Waals surface area contributed by atoms with E-state index in [2.05, 4.69) is 20.0 Å². The highest BCUT2D eigenvalue weighted by Gasteiger charge is 2.18. The Hall–Kier alpha value is -0.443. The lowest BCUT2D eigenvalue weighted by molar-refractivity contribution is 0.173. The van der Waals surface area contributed by atoms with Gasteiger partial charge < -0.3 is 9.16 Å². The standard InChI is InChI=1S/C9H20O2Si/c1-6-12(4,5)11-8-7-10-9(2)3/h7-9H,6H2,1-5H3/b8-7+. The summed E-state index contributed by atoms with van der Waals surface area (Å²) >= 11 is 0. The van der Waals surface area contributed by atoms with Gasteiger partial charge in [-0.15, -0.1) is 0 Å². The maximum absolute atomic E-state index is 5.56. The molecular formula is C9H20O2Si. The summed E-state index contributed by atoms with van der Waals surface area (Å²) in [6, 6.07) is 1.12. The second kappa shape index (κ2) is 5.25. The second-order valence-electron chi connectivity index (χ2n) is 3.69. The van der Waals surface area contributed by atoms with Crippen LogP contribution >= 0.6 is 0 Å². The summed E-state index contributed by atoms with van der Waals surface area (Å²) in [4.78, 5) is 0. The fraction of sp³-hybridized carbons (Fsp3) is 0.778. The molecule has 0 aliphatic heterocycles. The van der Waals surface area contributed by atoms with E-state index >= 15 is 0 Å². The molecular weight excluding hydrogens is 168 g/mol. The third-order valence-corrected chi connectivity index (χ3v) is 4.12. The van der Waals surface area contributed by atoms with Gasteiger partial charge in [-0.2, -0.15) is 0 Å². The van der Waals surface area contributed by atoms with Gasteiger partial charge in [0.1, 0.15) is 12.5 Å². The van der Waals surface area contributed by atoms with Crippen molar-refractivity contribution in [1.82, 2.24) is 0 Å². The molecule has 0 aromatic carbocycles. The van der Waals surface area contributed by atoms with Crippen LogP contribution in [-0.4, -0.2) is 14.4 Å². The van der Waals surface area contributed by atoms with E-state index in [1.807, 2.05) is 13.8 Å². The number of hydrogen-bond donors (Lipinski definition) is 0. The lowest BCUT2D eigenvalue weighted by Crippen LogP contribution is -2.26. The maximum atomic E-state index is 5.56. The molecule has 12 heavy (non-hydrogen) atoms. The van der Waals surface area contributed by atoms with Gasteiger partial charge in [0.25, 0.3) is 0 Å².